The fourth-order valence-corrected chi connectivity index (χ4v) is 3.51. The Hall–Kier alpha value is -0.570. The fraction of sp³-hybridized carbons (Fsp3) is 0.933. The Bertz CT molecular complexity index is 261. The molecule has 0 radical (unpaired) electrons. The molecule has 2 rings (SSSR count). The van der Waals surface area contributed by atoms with Crippen LogP contribution in [0.3, 0.4) is 0 Å². The van der Waals surface area contributed by atoms with Crippen molar-refractivity contribution in [3.05, 3.63) is 0 Å². The molecule has 3 heteroatoms. The molecule has 0 aromatic carbocycles. The van der Waals surface area contributed by atoms with Crippen LogP contribution >= 0.6 is 0 Å². The van der Waals surface area contributed by atoms with Crippen molar-refractivity contribution in [2.45, 2.75) is 70.3 Å². The topological polar surface area (TPSA) is 55.1 Å². The minimum Gasteiger partial charge on any atom is -0.356 e. The number of rotatable bonds is 5. The van der Waals surface area contributed by atoms with E-state index >= 15 is 0 Å². The average Bonchev–Trinajstić information content (AvgIpc) is 2.87. The molecule has 3 nitrogen and oxygen atoms in total. The lowest BCUT2D eigenvalue weighted by Crippen LogP contribution is -2.38. The lowest BCUT2D eigenvalue weighted by Gasteiger charge is -2.25. The van der Waals surface area contributed by atoms with Gasteiger partial charge in [0, 0.05) is 18.5 Å². The van der Waals surface area contributed by atoms with Crippen molar-refractivity contribution in [3.63, 3.8) is 0 Å². The molecule has 0 aromatic heterocycles. The summed E-state index contributed by atoms with van der Waals surface area (Å²) < 4.78 is 0. The average molecular weight is 252 g/mol. The van der Waals surface area contributed by atoms with Crippen LogP contribution in [0, 0.1) is 11.8 Å². The van der Waals surface area contributed by atoms with Gasteiger partial charge in [-0.25, -0.2) is 0 Å². The van der Waals surface area contributed by atoms with Crippen LogP contribution in [-0.4, -0.2) is 18.5 Å². The summed E-state index contributed by atoms with van der Waals surface area (Å²) in [5.74, 6) is 1.36. The number of hydrogen-bond acceptors (Lipinski definition) is 2. The molecule has 104 valence electrons. The van der Waals surface area contributed by atoms with Crippen LogP contribution in [0.25, 0.3) is 0 Å². The molecule has 2 atom stereocenters. The molecule has 3 N–H and O–H groups in total. The molecule has 0 heterocycles. The van der Waals surface area contributed by atoms with Gasteiger partial charge in [-0.1, -0.05) is 32.1 Å². The van der Waals surface area contributed by atoms with Gasteiger partial charge in [0.1, 0.15) is 0 Å². The van der Waals surface area contributed by atoms with Crippen LogP contribution in [0.4, 0.5) is 0 Å². The summed E-state index contributed by atoms with van der Waals surface area (Å²) in [7, 11) is 0. The fourth-order valence-electron chi connectivity index (χ4n) is 3.51. The zero-order chi connectivity index (χ0) is 12.8. The molecule has 0 saturated heterocycles. The number of carbonyl (C=O) groups excluding carboxylic acids is 1. The molecule has 2 unspecified atom stereocenters. The summed E-state index contributed by atoms with van der Waals surface area (Å²) in [6, 6.07) is 0.244. The van der Waals surface area contributed by atoms with Gasteiger partial charge in [0.15, 0.2) is 0 Å². The van der Waals surface area contributed by atoms with E-state index in [4.69, 9.17) is 5.73 Å². The van der Waals surface area contributed by atoms with Gasteiger partial charge in [0.05, 0.1) is 0 Å². The second-order valence-electron chi connectivity index (χ2n) is 6.21. The summed E-state index contributed by atoms with van der Waals surface area (Å²) in [6.07, 6.45) is 12.2. The normalized spacial score (nSPS) is 29.4. The zero-order valence-corrected chi connectivity index (χ0v) is 11.5. The Kier molecular flexibility index (Phi) is 5.48. The smallest absolute Gasteiger partial charge is 0.223 e. The van der Waals surface area contributed by atoms with E-state index in [9.17, 15) is 4.79 Å². The van der Waals surface area contributed by atoms with Gasteiger partial charge in [-0.2, -0.15) is 0 Å². The standard InChI is InChI=1S/C15H28N2O/c16-14-9-3-8-13(11-14)15(18)17-10-4-7-12-5-1-2-6-12/h12-14H,1-11,16H2,(H,17,18). The minimum atomic E-state index is 0.181. The first-order valence-corrected chi connectivity index (χ1v) is 7.79. The Morgan fingerprint density at radius 1 is 1.11 bits per heavy atom. The molecule has 2 aliphatic rings. The van der Waals surface area contributed by atoms with Crippen LogP contribution in [0.2, 0.25) is 0 Å². The minimum absolute atomic E-state index is 0.181. The van der Waals surface area contributed by atoms with E-state index in [-0.39, 0.29) is 17.9 Å². The second-order valence-corrected chi connectivity index (χ2v) is 6.21. The third-order valence-electron chi connectivity index (χ3n) is 4.65. The van der Waals surface area contributed by atoms with Gasteiger partial charge >= 0.3 is 0 Å². The van der Waals surface area contributed by atoms with E-state index in [0.717, 1.165) is 44.6 Å². The Labute approximate surface area is 111 Å². The molecule has 0 spiro atoms. The molecule has 2 fully saturated rings. The first kappa shape index (κ1) is 13.9. The summed E-state index contributed by atoms with van der Waals surface area (Å²) in [4.78, 5) is 12.0. The first-order chi connectivity index (χ1) is 8.75. The van der Waals surface area contributed by atoms with E-state index in [1.165, 1.54) is 32.1 Å². The van der Waals surface area contributed by atoms with Gasteiger partial charge in [-0.15, -0.1) is 0 Å². The van der Waals surface area contributed by atoms with Crippen LogP contribution in [0.15, 0.2) is 0 Å². The number of hydrogen-bond donors (Lipinski definition) is 2. The predicted molar refractivity (Wildman–Crippen MR) is 74.1 cm³/mol. The summed E-state index contributed by atoms with van der Waals surface area (Å²) >= 11 is 0. The first-order valence-electron chi connectivity index (χ1n) is 7.79. The molecular formula is C15H28N2O. The van der Waals surface area contributed by atoms with E-state index in [2.05, 4.69) is 5.32 Å². The van der Waals surface area contributed by atoms with Gasteiger partial charge in [-0.3, -0.25) is 4.79 Å². The van der Waals surface area contributed by atoms with Crippen molar-refractivity contribution >= 4 is 5.91 Å². The maximum Gasteiger partial charge on any atom is 0.223 e. The highest BCUT2D eigenvalue weighted by Crippen LogP contribution is 2.28. The number of amides is 1. The van der Waals surface area contributed by atoms with Gasteiger partial charge in [0.25, 0.3) is 0 Å². The molecular weight excluding hydrogens is 224 g/mol. The van der Waals surface area contributed by atoms with Crippen LogP contribution in [0.5, 0.6) is 0 Å². The lowest BCUT2D eigenvalue weighted by atomic mass is 9.85. The Morgan fingerprint density at radius 2 is 1.89 bits per heavy atom. The second kappa shape index (κ2) is 7.13. The summed E-state index contributed by atoms with van der Waals surface area (Å²) in [6.45, 7) is 0.862. The van der Waals surface area contributed by atoms with Crippen molar-refractivity contribution in [2.75, 3.05) is 6.54 Å². The van der Waals surface area contributed by atoms with Gasteiger partial charge in [0.2, 0.25) is 5.91 Å². The van der Waals surface area contributed by atoms with Crippen molar-refractivity contribution in [2.24, 2.45) is 17.6 Å². The Morgan fingerprint density at radius 3 is 2.61 bits per heavy atom. The van der Waals surface area contributed by atoms with Crippen LogP contribution in [0.1, 0.15) is 64.2 Å². The van der Waals surface area contributed by atoms with Gasteiger partial charge in [-0.05, 0) is 38.0 Å². The number of nitrogens with one attached hydrogen (secondary N) is 1. The molecule has 0 bridgehead atoms. The van der Waals surface area contributed by atoms with E-state index in [0.29, 0.717) is 0 Å². The molecule has 18 heavy (non-hydrogen) atoms. The summed E-state index contributed by atoms with van der Waals surface area (Å²) in [5, 5.41) is 3.10. The van der Waals surface area contributed by atoms with E-state index < -0.39 is 0 Å². The largest absolute Gasteiger partial charge is 0.356 e. The number of carbonyl (C=O) groups is 1. The monoisotopic (exact) mass is 252 g/mol. The van der Waals surface area contributed by atoms with Crippen molar-refractivity contribution in [1.29, 1.82) is 0 Å². The lowest BCUT2D eigenvalue weighted by molar-refractivity contribution is -0.126. The quantitative estimate of drug-likeness (QED) is 0.739. The molecule has 1 amide bonds. The predicted octanol–water partition coefficient (Wildman–Crippen LogP) is 2.59. The maximum atomic E-state index is 12.0. The highest BCUT2D eigenvalue weighted by molar-refractivity contribution is 5.78. The highest BCUT2D eigenvalue weighted by atomic mass is 16.1. The number of nitrogens with two attached hydrogens (primary N) is 1. The molecule has 2 aliphatic carbocycles. The van der Waals surface area contributed by atoms with Crippen molar-refractivity contribution < 1.29 is 4.79 Å². The zero-order valence-electron chi connectivity index (χ0n) is 11.5. The SMILES string of the molecule is NC1CCCC(C(=O)NCCCC2CCCC2)C1. The highest BCUT2D eigenvalue weighted by Gasteiger charge is 2.24. The molecule has 2 saturated carbocycles. The van der Waals surface area contributed by atoms with Crippen molar-refractivity contribution in [1.82, 2.24) is 5.32 Å². The van der Waals surface area contributed by atoms with Crippen molar-refractivity contribution in [3.8, 4) is 0 Å². The Balaban J connectivity index is 1.56. The summed E-state index contributed by atoms with van der Waals surface area (Å²) in [5.41, 5.74) is 5.92. The van der Waals surface area contributed by atoms with Gasteiger partial charge < -0.3 is 11.1 Å². The van der Waals surface area contributed by atoms with E-state index in [1.807, 2.05) is 0 Å². The third-order valence-corrected chi connectivity index (χ3v) is 4.65. The third kappa shape index (κ3) is 4.27. The van der Waals surface area contributed by atoms with E-state index in [1.54, 1.807) is 0 Å². The maximum absolute atomic E-state index is 12.0. The molecule has 0 aliphatic heterocycles. The van der Waals surface area contributed by atoms with Crippen LogP contribution in [-0.2, 0) is 4.79 Å². The van der Waals surface area contributed by atoms with Crippen LogP contribution < -0.4 is 11.1 Å². The molecule has 0 aromatic rings.